The van der Waals surface area contributed by atoms with Crippen LogP contribution in [0, 0.1) is 12.8 Å². The molecule has 0 aromatic heterocycles. The lowest BCUT2D eigenvalue weighted by molar-refractivity contribution is 0.296. The molecule has 0 bridgehead atoms. The van der Waals surface area contributed by atoms with Crippen LogP contribution in [-0.4, -0.2) is 32.8 Å². The van der Waals surface area contributed by atoms with E-state index in [2.05, 4.69) is 40.7 Å². The molecule has 1 saturated carbocycles. The van der Waals surface area contributed by atoms with E-state index in [0.717, 1.165) is 23.8 Å². The predicted molar refractivity (Wildman–Crippen MR) is 104 cm³/mol. The highest BCUT2D eigenvalue weighted by Crippen LogP contribution is 2.30. The van der Waals surface area contributed by atoms with Crippen LogP contribution in [0.1, 0.15) is 30.4 Å². The molecule has 130 valence electrons. The van der Waals surface area contributed by atoms with Crippen LogP contribution >= 0.6 is 24.0 Å². The molecule has 23 heavy (non-hydrogen) atoms. The molecular weight excluding hydrogens is 408 g/mol. The monoisotopic (exact) mass is 435 g/mol. The predicted octanol–water partition coefficient (Wildman–Crippen LogP) is 3.43. The quantitative estimate of drug-likeness (QED) is 0.285. The van der Waals surface area contributed by atoms with Crippen molar-refractivity contribution in [3.05, 3.63) is 29.3 Å². The number of nitrogens with one attached hydrogen (secondary N) is 2. The van der Waals surface area contributed by atoms with Gasteiger partial charge in [0.05, 0.1) is 13.3 Å². The molecule has 1 aromatic rings. The molecule has 0 spiro atoms. The Morgan fingerprint density at radius 2 is 2.13 bits per heavy atom. The van der Waals surface area contributed by atoms with Gasteiger partial charge < -0.3 is 15.4 Å². The maximum Gasteiger partial charge on any atom is 0.191 e. The van der Waals surface area contributed by atoms with Crippen LogP contribution in [0.15, 0.2) is 23.2 Å². The first-order chi connectivity index (χ1) is 10.7. The van der Waals surface area contributed by atoms with Crippen molar-refractivity contribution in [1.82, 2.24) is 10.6 Å². The summed E-state index contributed by atoms with van der Waals surface area (Å²) >= 11 is 0. The van der Waals surface area contributed by atoms with Crippen LogP contribution in [0.4, 0.5) is 4.39 Å². The minimum absolute atomic E-state index is 0. The molecule has 2 N–H and O–H groups in total. The number of hydrogen-bond donors (Lipinski definition) is 2. The molecule has 0 amide bonds. The van der Waals surface area contributed by atoms with Crippen LogP contribution in [0.5, 0.6) is 5.75 Å². The molecule has 0 saturated heterocycles. The molecule has 1 aromatic carbocycles. The van der Waals surface area contributed by atoms with Crippen molar-refractivity contribution in [2.75, 3.05) is 26.9 Å². The van der Waals surface area contributed by atoms with Crippen molar-refractivity contribution in [3.63, 3.8) is 0 Å². The van der Waals surface area contributed by atoms with Crippen molar-refractivity contribution in [3.8, 4) is 5.75 Å². The summed E-state index contributed by atoms with van der Waals surface area (Å²) < 4.78 is 18.1. The number of halogens is 2. The molecule has 6 heteroatoms. The summed E-state index contributed by atoms with van der Waals surface area (Å²) in [6.07, 6.45) is 3.05. The second-order valence-corrected chi connectivity index (χ2v) is 5.76. The fourth-order valence-electron chi connectivity index (χ4n) is 2.11. The summed E-state index contributed by atoms with van der Waals surface area (Å²) in [6, 6.07) is 6.25. The second kappa shape index (κ2) is 10.7. The van der Waals surface area contributed by atoms with Gasteiger partial charge in [-0.05, 0) is 43.7 Å². The van der Waals surface area contributed by atoms with Gasteiger partial charge in [-0.2, -0.15) is 0 Å². The van der Waals surface area contributed by atoms with E-state index in [0.29, 0.717) is 25.5 Å². The number of nitrogens with zero attached hydrogens (tertiary/aromatic N) is 1. The summed E-state index contributed by atoms with van der Waals surface area (Å²) in [7, 11) is 1.71. The molecule has 0 radical (unpaired) electrons. The molecule has 2 rings (SSSR count). The van der Waals surface area contributed by atoms with Gasteiger partial charge >= 0.3 is 0 Å². The lowest BCUT2D eigenvalue weighted by Crippen LogP contribution is -2.37. The highest BCUT2D eigenvalue weighted by Gasteiger charge is 2.22. The fraction of sp³-hybridized carbons (Fsp3) is 0.588. The Hall–Kier alpha value is -1.05. The van der Waals surface area contributed by atoms with E-state index in [1.54, 1.807) is 7.05 Å². The number of alkyl halides is 1. The van der Waals surface area contributed by atoms with E-state index in [9.17, 15) is 4.39 Å². The number of aryl methyl sites for hydroxylation is 1. The maximum atomic E-state index is 12.1. The topological polar surface area (TPSA) is 45.7 Å². The first kappa shape index (κ1) is 20.0. The van der Waals surface area contributed by atoms with Crippen molar-refractivity contribution in [1.29, 1.82) is 0 Å². The first-order valence-electron chi connectivity index (χ1n) is 7.95. The van der Waals surface area contributed by atoms with Crippen molar-refractivity contribution in [2.24, 2.45) is 10.9 Å². The summed E-state index contributed by atoms with van der Waals surface area (Å²) in [5, 5.41) is 6.33. The number of guanidine groups is 1. The summed E-state index contributed by atoms with van der Waals surface area (Å²) in [4.78, 5) is 4.14. The van der Waals surface area contributed by atoms with Crippen molar-refractivity contribution in [2.45, 2.75) is 32.7 Å². The Morgan fingerprint density at radius 1 is 1.35 bits per heavy atom. The summed E-state index contributed by atoms with van der Waals surface area (Å²) in [5.41, 5.74) is 2.31. The Balaban J connectivity index is 0.00000264. The molecule has 0 aliphatic heterocycles. The van der Waals surface area contributed by atoms with Crippen LogP contribution in [0.3, 0.4) is 0 Å². The minimum Gasteiger partial charge on any atom is -0.493 e. The first-order valence-corrected chi connectivity index (χ1v) is 7.95. The zero-order valence-electron chi connectivity index (χ0n) is 13.9. The van der Waals surface area contributed by atoms with E-state index in [1.807, 2.05) is 0 Å². The molecule has 1 aliphatic rings. The SMILES string of the molecule is CN=C(NCCCF)NCc1ccc(C)cc1OCC1CC1.I. The minimum atomic E-state index is -0.318. The lowest BCUT2D eigenvalue weighted by atomic mass is 10.1. The fourth-order valence-corrected chi connectivity index (χ4v) is 2.11. The van der Waals surface area contributed by atoms with Crippen molar-refractivity contribution < 1.29 is 9.13 Å². The van der Waals surface area contributed by atoms with Gasteiger partial charge in [-0.1, -0.05) is 12.1 Å². The summed E-state index contributed by atoms with van der Waals surface area (Å²) in [5.74, 6) is 2.36. The molecule has 0 heterocycles. The van der Waals surface area contributed by atoms with Gasteiger partial charge in [0.25, 0.3) is 0 Å². The third-order valence-corrected chi connectivity index (χ3v) is 3.67. The number of benzene rings is 1. The van der Waals surface area contributed by atoms with E-state index in [4.69, 9.17) is 4.74 Å². The average Bonchev–Trinajstić information content (AvgIpc) is 3.34. The second-order valence-electron chi connectivity index (χ2n) is 5.76. The number of rotatable bonds is 8. The normalized spacial score (nSPS) is 14.1. The van der Waals surface area contributed by atoms with Gasteiger partial charge in [-0.3, -0.25) is 9.38 Å². The van der Waals surface area contributed by atoms with Crippen LogP contribution in [0.2, 0.25) is 0 Å². The zero-order chi connectivity index (χ0) is 15.8. The Morgan fingerprint density at radius 3 is 2.78 bits per heavy atom. The van der Waals surface area contributed by atoms with E-state index in [-0.39, 0.29) is 30.7 Å². The number of hydrogen-bond acceptors (Lipinski definition) is 2. The lowest BCUT2D eigenvalue weighted by Gasteiger charge is -2.15. The van der Waals surface area contributed by atoms with Gasteiger partial charge in [0.15, 0.2) is 5.96 Å². The average molecular weight is 435 g/mol. The Kier molecular flexibility index (Phi) is 9.28. The third kappa shape index (κ3) is 7.37. The number of aliphatic imine (C=N–C) groups is 1. The maximum absolute atomic E-state index is 12.1. The van der Waals surface area contributed by atoms with Gasteiger partial charge in [0.2, 0.25) is 0 Å². The van der Waals surface area contributed by atoms with Crippen LogP contribution < -0.4 is 15.4 Å². The molecule has 1 fully saturated rings. The smallest absolute Gasteiger partial charge is 0.191 e. The number of ether oxygens (including phenoxy) is 1. The van der Waals surface area contributed by atoms with E-state index >= 15 is 0 Å². The van der Waals surface area contributed by atoms with Gasteiger partial charge in [0, 0.05) is 25.7 Å². The highest BCUT2D eigenvalue weighted by atomic mass is 127. The largest absolute Gasteiger partial charge is 0.493 e. The molecule has 1 aliphatic carbocycles. The van der Waals surface area contributed by atoms with Gasteiger partial charge in [-0.25, -0.2) is 0 Å². The van der Waals surface area contributed by atoms with Gasteiger partial charge in [0.1, 0.15) is 5.75 Å². The summed E-state index contributed by atoms with van der Waals surface area (Å²) in [6.45, 7) is 3.77. The Bertz CT molecular complexity index is 507. The third-order valence-electron chi connectivity index (χ3n) is 3.67. The van der Waals surface area contributed by atoms with E-state index in [1.165, 1.54) is 18.4 Å². The van der Waals surface area contributed by atoms with Crippen molar-refractivity contribution >= 4 is 29.9 Å². The van der Waals surface area contributed by atoms with Crippen LogP contribution in [-0.2, 0) is 6.54 Å². The molecular formula is C17H27FIN3O. The molecule has 4 nitrogen and oxygen atoms in total. The van der Waals surface area contributed by atoms with E-state index < -0.39 is 0 Å². The molecule has 0 atom stereocenters. The Labute approximate surface area is 155 Å². The molecule has 0 unspecified atom stereocenters. The van der Waals surface area contributed by atoms with Gasteiger partial charge in [-0.15, -0.1) is 24.0 Å². The van der Waals surface area contributed by atoms with Crippen LogP contribution in [0.25, 0.3) is 0 Å². The zero-order valence-corrected chi connectivity index (χ0v) is 16.2. The standard InChI is InChI=1S/C17H26FN3O.HI/c1-13-4-7-15(16(10-13)22-12-14-5-6-14)11-21-17(19-2)20-9-3-8-18;/h4,7,10,14H,3,5-6,8-9,11-12H2,1-2H3,(H2,19,20,21);1H. The highest BCUT2D eigenvalue weighted by molar-refractivity contribution is 14.0.